The lowest BCUT2D eigenvalue weighted by Gasteiger charge is -2.37. The first kappa shape index (κ1) is 15.0. The SMILES string of the molecule is CC1CCC(CN)(C(=O)NCC(C)C(=O)O)CC1. The number of nitrogens with two attached hydrogens (primary N) is 1. The van der Waals surface area contributed by atoms with E-state index < -0.39 is 17.3 Å². The van der Waals surface area contributed by atoms with Crippen molar-refractivity contribution < 1.29 is 14.7 Å². The van der Waals surface area contributed by atoms with Gasteiger partial charge in [-0.15, -0.1) is 0 Å². The second kappa shape index (κ2) is 6.18. The Hall–Kier alpha value is -1.10. The first-order chi connectivity index (χ1) is 8.41. The molecule has 0 radical (unpaired) electrons. The molecule has 5 nitrogen and oxygen atoms in total. The van der Waals surface area contributed by atoms with Gasteiger partial charge in [0, 0.05) is 13.1 Å². The zero-order valence-corrected chi connectivity index (χ0v) is 11.2. The van der Waals surface area contributed by atoms with Crippen molar-refractivity contribution >= 4 is 11.9 Å². The highest BCUT2D eigenvalue weighted by atomic mass is 16.4. The third-order valence-electron chi connectivity index (χ3n) is 4.09. The Morgan fingerprint density at radius 3 is 2.44 bits per heavy atom. The first-order valence-electron chi connectivity index (χ1n) is 6.62. The molecule has 1 fully saturated rings. The van der Waals surface area contributed by atoms with Crippen molar-refractivity contribution in [2.24, 2.45) is 23.0 Å². The monoisotopic (exact) mass is 256 g/mol. The molecule has 5 heteroatoms. The van der Waals surface area contributed by atoms with Crippen LogP contribution in [-0.4, -0.2) is 30.1 Å². The van der Waals surface area contributed by atoms with E-state index in [1.165, 1.54) is 0 Å². The van der Waals surface area contributed by atoms with Crippen molar-refractivity contribution in [3.05, 3.63) is 0 Å². The van der Waals surface area contributed by atoms with Crippen LogP contribution in [0.25, 0.3) is 0 Å². The molecule has 0 saturated heterocycles. The average molecular weight is 256 g/mol. The highest BCUT2D eigenvalue weighted by Gasteiger charge is 2.39. The number of hydrogen-bond acceptors (Lipinski definition) is 3. The largest absolute Gasteiger partial charge is 0.481 e. The van der Waals surface area contributed by atoms with Crippen LogP contribution in [0.4, 0.5) is 0 Å². The van der Waals surface area contributed by atoms with Crippen LogP contribution in [0, 0.1) is 17.3 Å². The van der Waals surface area contributed by atoms with Crippen LogP contribution >= 0.6 is 0 Å². The molecule has 1 saturated carbocycles. The van der Waals surface area contributed by atoms with Crippen molar-refractivity contribution in [3.63, 3.8) is 0 Å². The highest BCUT2D eigenvalue weighted by Crippen LogP contribution is 2.38. The summed E-state index contributed by atoms with van der Waals surface area (Å²) in [4.78, 5) is 22.9. The first-order valence-corrected chi connectivity index (χ1v) is 6.62. The lowest BCUT2D eigenvalue weighted by molar-refractivity contribution is -0.141. The number of carbonyl (C=O) groups is 2. The van der Waals surface area contributed by atoms with E-state index >= 15 is 0 Å². The fourth-order valence-electron chi connectivity index (χ4n) is 2.36. The summed E-state index contributed by atoms with van der Waals surface area (Å²) in [5.74, 6) is -0.888. The minimum absolute atomic E-state index is 0.0787. The molecule has 0 bridgehead atoms. The Kier molecular flexibility index (Phi) is 5.14. The molecular formula is C13H24N2O3. The highest BCUT2D eigenvalue weighted by molar-refractivity contribution is 5.83. The van der Waals surface area contributed by atoms with Gasteiger partial charge in [-0.3, -0.25) is 9.59 Å². The van der Waals surface area contributed by atoms with Crippen molar-refractivity contribution in [1.29, 1.82) is 0 Å². The predicted octanol–water partition coefficient (Wildman–Crippen LogP) is 0.979. The summed E-state index contributed by atoms with van der Waals surface area (Å²) >= 11 is 0. The van der Waals surface area contributed by atoms with Crippen LogP contribution in [0.3, 0.4) is 0 Å². The summed E-state index contributed by atoms with van der Waals surface area (Å²) in [6, 6.07) is 0. The Morgan fingerprint density at radius 1 is 1.44 bits per heavy atom. The van der Waals surface area contributed by atoms with Gasteiger partial charge in [0.25, 0.3) is 0 Å². The molecule has 0 aliphatic heterocycles. The minimum Gasteiger partial charge on any atom is -0.481 e. The second-order valence-corrected chi connectivity index (χ2v) is 5.62. The number of carboxylic acids is 1. The molecule has 1 atom stereocenters. The van der Waals surface area contributed by atoms with Crippen molar-refractivity contribution in [2.45, 2.75) is 39.5 Å². The van der Waals surface area contributed by atoms with E-state index in [0.29, 0.717) is 12.5 Å². The molecule has 1 unspecified atom stereocenters. The van der Waals surface area contributed by atoms with Crippen LogP contribution in [-0.2, 0) is 9.59 Å². The maximum absolute atomic E-state index is 12.2. The summed E-state index contributed by atoms with van der Waals surface area (Å²) < 4.78 is 0. The summed E-state index contributed by atoms with van der Waals surface area (Å²) in [6.07, 6.45) is 3.63. The molecule has 4 N–H and O–H groups in total. The van der Waals surface area contributed by atoms with Gasteiger partial charge in [0.05, 0.1) is 11.3 Å². The summed E-state index contributed by atoms with van der Waals surface area (Å²) in [7, 11) is 0. The van der Waals surface area contributed by atoms with Crippen LogP contribution in [0.1, 0.15) is 39.5 Å². The quantitative estimate of drug-likeness (QED) is 0.683. The van der Waals surface area contributed by atoms with Crippen molar-refractivity contribution in [1.82, 2.24) is 5.32 Å². The zero-order chi connectivity index (χ0) is 13.8. The number of carboxylic acid groups (broad SMARTS) is 1. The van der Waals surface area contributed by atoms with Crippen LogP contribution in [0.5, 0.6) is 0 Å². The number of amides is 1. The van der Waals surface area contributed by atoms with Gasteiger partial charge in [0.1, 0.15) is 0 Å². The summed E-state index contributed by atoms with van der Waals surface area (Å²) in [5.41, 5.74) is 5.29. The Morgan fingerprint density at radius 2 is 2.00 bits per heavy atom. The van der Waals surface area contributed by atoms with Gasteiger partial charge in [-0.1, -0.05) is 13.8 Å². The van der Waals surface area contributed by atoms with E-state index in [4.69, 9.17) is 10.8 Å². The molecule has 1 aliphatic rings. The van der Waals surface area contributed by atoms with E-state index in [9.17, 15) is 9.59 Å². The molecule has 0 aromatic carbocycles. The molecule has 0 aromatic rings. The summed E-state index contributed by atoms with van der Waals surface area (Å²) in [6.45, 7) is 4.28. The smallest absolute Gasteiger partial charge is 0.308 e. The molecule has 1 amide bonds. The normalized spacial score (nSPS) is 29.6. The van der Waals surface area contributed by atoms with E-state index in [-0.39, 0.29) is 12.5 Å². The van der Waals surface area contributed by atoms with Gasteiger partial charge in [0.2, 0.25) is 5.91 Å². The maximum Gasteiger partial charge on any atom is 0.308 e. The van der Waals surface area contributed by atoms with E-state index in [0.717, 1.165) is 25.7 Å². The Labute approximate surface area is 108 Å². The van der Waals surface area contributed by atoms with Crippen LogP contribution in [0.2, 0.25) is 0 Å². The topological polar surface area (TPSA) is 92.4 Å². The van der Waals surface area contributed by atoms with Crippen LogP contribution < -0.4 is 11.1 Å². The van der Waals surface area contributed by atoms with Gasteiger partial charge in [-0.05, 0) is 31.6 Å². The predicted molar refractivity (Wildman–Crippen MR) is 68.9 cm³/mol. The van der Waals surface area contributed by atoms with Gasteiger partial charge < -0.3 is 16.2 Å². The van der Waals surface area contributed by atoms with E-state index in [1.54, 1.807) is 6.92 Å². The molecular weight excluding hydrogens is 232 g/mol. The standard InChI is InChI=1S/C13H24N2O3/c1-9-3-5-13(8-14,6-4-9)12(18)15-7-10(2)11(16)17/h9-10H,3-8,14H2,1-2H3,(H,15,18)(H,16,17). The number of rotatable bonds is 5. The lowest BCUT2D eigenvalue weighted by Crippen LogP contribution is -2.49. The van der Waals surface area contributed by atoms with Crippen LogP contribution in [0.15, 0.2) is 0 Å². The maximum atomic E-state index is 12.2. The van der Waals surface area contributed by atoms with E-state index in [1.807, 2.05) is 0 Å². The number of aliphatic carboxylic acids is 1. The van der Waals surface area contributed by atoms with Gasteiger partial charge >= 0.3 is 5.97 Å². The van der Waals surface area contributed by atoms with Gasteiger partial charge in [-0.25, -0.2) is 0 Å². The average Bonchev–Trinajstić information content (AvgIpc) is 2.36. The van der Waals surface area contributed by atoms with E-state index in [2.05, 4.69) is 12.2 Å². The molecule has 0 aromatic heterocycles. The minimum atomic E-state index is -0.894. The number of nitrogens with one attached hydrogen (secondary N) is 1. The zero-order valence-electron chi connectivity index (χ0n) is 11.2. The molecule has 104 valence electrons. The van der Waals surface area contributed by atoms with Crippen molar-refractivity contribution in [3.8, 4) is 0 Å². The number of hydrogen-bond donors (Lipinski definition) is 3. The Bertz CT molecular complexity index is 309. The van der Waals surface area contributed by atoms with Gasteiger partial charge in [0.15, 0.2) is 0 Å². The summed E-state index contributed by atoms with van der Waals surface area (Å²) in [5, 5.41) is 11.5. The molecule has 1 rings (SSSR count). The molecule has 18 heavy (non-hydrogen) atoms. The lowest BCUT2D eigenvalue weighted by atomic mass is 9.70. The van der Waals surface area contributed by atoms with Gasteiger partial charge in [-0.2, -0.15) is 0 Å². The fourth-order valence-corrected chi connectivity index (χ4v) is 2.36. The molecule has 1 aliphatic carbocycles. The fraction of sp³-hybridized carbons (Fsp3) is 0.846. The molecule has 0 heterocycles. The molecule has 0 spiro atoms. The Balaban J connectivity index is 2.55. The third kappa shape index (κ3) is 3.45. The number of carbonyl (C=O) groups excluding carboxylic acids is 1. The third-order valence-corrected chi connectivity index (χ3v) is 4.09. The van der Waals surface area contributed by atoms with Crippen molar-refractivity contribution in [2.75, 3.05) is 13.1 Å². The second-order valence-electron chi connectivity index (χ2n) is 5.62.